The van der Waals surface area contributed by atoms with Gasteiger partial charge < -0.3 is 5.32 Å². The van der Waals surface area contributed by atoms with Crippen molar-refractivity contribution in [1.29, 1.82) is 0 Å². The van der Waals surface area contributed by atoms with Gasteiger partial charge in [-0.2, -0.15) is 18.3 Å². The summed E-state index contributed by atoms with van der Waals surface area (Å²) in [7, 11) is -3.99. The van der Waals surface area contributed by atoms with E-state index in [0.717, 1.165) is 4.68 Å². The van der Waals surface area contributed by atoms with E-state index in [1.807, 2.05) is 0 Å². The largest absolute Gasteiger partial charge is 0.436 e. The zero-order valence-electron chi connectivity index (χ0n) is 17.5. The predicted octanol–water partition coefficient (Wildman–Crippen LogP) is 3.71. The normalized spacial score (nSPS) is 12.0. The van der Waals surface area contributed by atoms with Crippen LogP contribution in [0.15, 0.2) is 35.2 Å². The topological polar surface area (TPSA) is 119 Å². The van der Waals surface area contributed by atoms with Crippen LogP contribution in [0.5, 0.6) is 0 Å². The van der Waals surface area contributed by atoms with Gasteiger partial charge in [0, 0.05) is 17.1 Å². The summed E-state index contributed by atoms with van der Waals surface area (Å²) in [5, 5.41) is 5.25. The fraction of sp³-hybridized carbons (Fsp3) is 0.263. The highest BCUT2D eigenvalue weighted by atomic mass is 35.5. The predicted molar refractivity (Wildman–Crippen MR) is 114 cm³/mol. The molecule has 0 aliphatic heterocycles. The van der Waals surface area contributed by atoms with Gasteiger partial charge in [-0.25, -0.2) is 23.1 Å². The molecule has 14 heteroatoms. The Morgan fingerprint density at radius 3 is 2.18 bits per heavy atom. The van der Waals surface area contributed by atoms with Crippen LogP contribution in [-0.4, -0.2) is 34.1 Å². The van der Waals surface area contributed by atoms with Crippen LogP contribution in [0.1, 0.15) is 22.8 Å². The third-order valence-electron chi connectivity index (χ3n) is 4.35. The van der Waals surface area contributed by atoms with Gasteiger partial charge >= 0.3 is 6.18 Å². The molecule has 0 bridgehead atoms. The minimum atomic E-state index is -4.75. The van der Waals surface area contributed by atoms with E-state index in [9.17, 15) is 26.4 Å². The molecule has 1 aromatic carbocycles. The first kappa shape index (κ1) is 24.5. The van der Waals surface area contributed by atoms with E-state index in [4.69, 9.17) is 11.6 Å². The fourth-order valence-electron chi connectivity index (χ4n) is 2.86. The van der Waals surface area contributed by atoms with Crippen LogP contribution in [0, 0.1) is 20.8 Å². The van der Waals surface area contributed by atoms with Crippen LogP contribution in [-0.2, 0) is 27.5 Å². The Hall–Kier alpha value is -3.19. The Balaban J connectivity index is 1.70. The zero-order valence-corrected chi connectivity index (χ0v) is 19.1. The standard InChI is InChI=1S/C19H18ClF3N6O3S/c1-10-8-11(2)25-18(24-10)28-33(31,32)14-6-4-13(5-7-14)26-15(30)9-29-12(3)16(20)17(27-29)19(21,22)23/h4-8H,9H2,1-3H3,(H,26,30)(H,24,25,28). The minimum absolute atomic E-state index is 0.0136. The number of carbonyl (C=O) groups is 1. The van der Waals surface area contributed by atoms with Crippen molar-refractivity contribution in [3.8, 4) is 0 Å². The molecule has 33 heavy (non-hydrogen) atoms. The average molecular weight is 503 g/mol. The summed E-state index contributed by atoms with van der Waals surface area (Å²) in [6.07, 6.45) is -4.75. The molecule has 3 aromatic rings. The Morgan fingerprint density at radius 2 is 1.67 bits per heavy atom. The molecule has 0 aliphatic carbocycles. The molecular formula is C19H18ClF3N6O3S. The maximum Gasteiger partial charge on any atom is 0.436 e. The average Bonchev–Trinajstić information content (AvgIpc) is 2.96. The van der Waals surface area contributed by atoms with Crippen molar-refractivity contribution in [2.75, 3.05) is 10.0 Å². The van der Waals surface area contributed by atoms with Gasteiger partial charge in [-0.15, -0.1) is 0 Å². The van der Waals surface area contributed by atoms with Crippen molar-refractivity contribution < 1.29 is 26.4 Å². The lowest BCUT2D eigenvalue weighted by atomic mass is 10.3. The van der Waals surface area contributed by atoms with Gasteiger partial charge in [0.05, 0.1) is 15.6 Å². The number of anilines is 2. The molecule has 0 saturated carbocycles. The van der Waals surface area contributed by atoms with Crippen LogP contribution in [0.3, 0.4) is 0 Å². The van der Waals surface area contributed by atoms with Gasteiger partial charge in [-0.1, -0.05) is 11.6 Å². The molecule has 0 unspecified atom stereocenters. The number of hydrogen-bond acceptors (Lipinski definition) is 6. The van der Waals surface area contributed by atoms with E-state index in [1.165, 1.54) is 31.2 Å². The molecule has 0 atom stereocenters. The summed E-state index contributed by atoms with van der Waals surface area (Å²) in [5.41, 5.74) is 0.127. The third-order valence-corrected chi connectivity index (χ3v) is 6.15. The van der Waals surface area contributed by atoms with Crippen molar-refractivity contribution in [1.82, 2.24) is 19.7 Å². The molecule has 1 amide bonds. The molecular weight excluding hydrogens is 485 g/mol. The highest BCUT2D eigenvalue weighted by molar-refractivity contribution is 7.92. The van der Waals surface area contributed by atoms with E-state index in [-0.39, 0.29) is 22.2 Å². The van der Waals surface area contributed by atoms with E-state index in [2.05, 4.69) is 25.1 Å². The van der Waals surface area contributed by atoms with Crippen molar-refractivity contribution >= 4 is 39.2 Å². The summed E-state index contributed by atoms with van der Waals surface area (Å²) >= 11 is 5.67. The number of benzene rings is 1. The van der Waals surface area contributed by atoms with Gasteiger partial charge in [0.15, 0.2) is 5.69 Å². The summed E-state index contributed by atoms with van der Waals surface area (Å²) in [6.45, 7) is 4.19. The lowest BCUT2D eigenvalue weighted by Crippen LogP contribution is -2.21. The van der Waals surface area contributed by atoms with E-state index in [0.29, 0.717) is 11.4 Å². The first-order valence-corrected chi connectivity index (χ1v) is 11.2. The number of hydrogen-bond donors (Lipinski definition) is 2. The molecule has 2 N–H and O–H groups in total. The number of aryl methyl sites for hydroxylation is 2. The molecule has 0 radical (unpaired) electrons. The number of halogens is 4. The van der Waals surface area contributed by atoms with Crippen LogP contribution < -0.4 is 10.0 Å². The van der Waals surface area contributed by atoms with Gasteiger partial charge in [0.1, 0.15) is 6.54 Å². The van der Waals surface area contributed by atoms with Gasteiger partial charge in [-0.3, -0.25) is 9.48 Å². The van der Waals surface area contributed by atoms with Gasteiger partial charge in [0.25, 0.3) is 10.0 Å². The van der Waals surface area contributed by atoms with Crippen LogP contribution in [0.25, 0.3) is 0 Å². The van der Waals surface area contributed by atoms with Crippen molar-refractivity contribution in [3.63, 3.8) is 0 Å². The Kier molecular flexibility index (Phi) is 6.65. The molecule has 2 heterocycles. The number of aromatic nitrogens is 4. The second kappa shape index (κ2) is 8.98. The molecule has 3 rings (SSSR count). The van der Waals surface area contributed by atoms with E-state index < -0.39 is 39.4 Å². The van der Waals surface area contributed by atoms with Gasteiger partial charge in [0.2, 0.25) is 11.9 Å². The quantitative estimate of drug-likeness (QED) is 0.530. The van der Waals surface area contributed by atoms with E-state index in [1.54, 1.807) is 19.9 Å². The SMILES string of the molecule is Cc1cc(C)nc(NS(=O)(=O)c2ccc(NC(=O)Cn3nc(C(F)(F)F)c(Cl)c3C)cc2)n1. The Morgan fingerprint density at radius 1 is 1.09 bits per heavy atom. The summed E-state index contributed by atoms with van der Waals surface area (Å²) in [6, 6.07) is 6.85. The molecule has 0 saturated heterocycles. The first-order valence-electron chi connectivity index (χ1n) is 9.31. The number of alkyl halides is 3. The smallest absolute Gasteiger partial charge is 0.324 e. The number of nitrogens with zero attached hydrogens (tertiary/aromatic N) is 4. The molecule has 0 aliphatic rings. The number of amides is 1. The van der Waals surface area contributed by atoms with Crippen LogP contribution >= 0.6 is 11.6 Å². The molecule has 9 nitrogen and oxygen atoms in total. The molecule has 0 spiro atoms. The Labute approximate surface area is 192 Å². The van der Waals surface area contributed by atoms with Crippen molar-refractivity contribution in [2.24, 2.45) is 0 Å². The molecule has 0 fully saturated rings. The lowest BCUT2D eigenvalue weighted by molar-refractivity contribution is -0.141. The monoisotopic (exact) mass is 502 g/mol. The minimum Gasteiger partial charge on any atom is -0.324 e. The summed E-state index contributed by atoms with van der Waals surface area (Å²) in [5.74, 6) is -0.750. The lowest BCUT2D eigenvalue weighted by Gasteiger charge is -2.10. The highest BCUT2D eigenvalue weighted by Crippen LogP contribution is 2.35. The number of rotatable bonds is 6. The third kappa shape index (κ3) is 5.79. The number of nitrogens with one attached hydrogen (secondary N) is 2. The second-order valence-electron chi connectivity index (χ2n) is 7.06. The molecule has 2 aromatic heterocycles. The first-order chi connectivity index (χ1) is 15.3. The van der Waals surface area contributed by atoms with Crippen LogP contribution in [0.2, 0.25) is 5.02 Å². The highest BCUT2D eigenvalue weighted by Gasteiger charge is 2.38. The second-order valence-corrected chi connectivity index (χ2v) is 9.12. The maximum atomic E-state index is 12.9. The molecule has 176 valence electrons. The maximum absolute atomic E-state index is 12.9. The summed E-state index contributed by atoms with van der Waals surface area (Å²) < 4.78 is 67.0. The van der Waals surface area contributed by atoms with E-state index >= 15 is 0 Å². The zero-order chi connectivity index (χ0) is 24.6. The van der Waals surface area contributed by atoms with Crippen molar-refractivity contribution in [3.05, 3.63) is 58.1 Å². The van der Waals surface area contributed by atoms with Gasteiger partial charge in [-0.05, 0) is 51.1 Å². The fourth-order valence-corrected chi connectivity index (χ4v) is 4.05. The number of sulfonamides is 1. The number of carbonyl (C=O) groups excluding carboxylic acids is 1. The van der Waals surface area contributed by atoms with Crippen LogP contribution in [0.4, 0.5) is 24.8 Å². The summed E-state index contributed by atoms with van der Waals surface area (Å²) in [4.78, 5) is 20.2. The van der Waals surface area contributed by atoms with Crippen molar-refractivity contribution in [2.45, 2.75) is 38.4 Å². The Bertz CT molecular complexity index is 1290.